The molecule has 0 aliphatic rings. The molecular formula is C18H38N2O4P2. The predicted molar refractivity (Wildman–Crippen MR) is 109 cm³/mol. The molecule has 0 aliphatic heterocycles. The lowest BCUT2D eigenvalue weighted by Crippen LogP contribution is -2.34. The zero-order valence-corrected chi connectivity index (χ0v) is 20.0. The van der Waals surface area contributed by atoms with Gasteiger partial charge in [0.2, 0.25) is 0 Å². The maximum absolute atomic E-state index is 13.6. The number of nitrogens with zero attached hydrogens (tertiary/aromatic N) is 2. The molecule has 0 rings (SSSR count). The fourth-order valence-electron chi connectivity index (χ4n) is 2.55. The summed E-state index contributed by atoms with van der Waals surface area (Å²) in [6, 6.07) is 2.51. The summed E-state index contributed by atoms with van der Waals surface area (Å²) in [5, 5.41) is 8.83. The topological polar surface area (TPSA) is 71.8 Å². The second-order valence-corrected chi connectivity index (χ2v) is 13.0. The van der Waals surface area contributed by atoms with Crippen LogP contribution in [0.3, 0.4) is 0 Å². The molecule has 0 radical (unpaired) electrons. The van der Waals surface area contributed by atoms with Crippen molar-refractivity contribution in [3.63, 3.8) is 0 Å². The first kappa shape index (κ1) is 26.0. The van der Waals surface area contributed by atoms with Gasteiger partial charge < -0.3 is 13.6 Å². The molecule has 0 saturated carbocycles. The Kier molecular flexibility index (Phi) is 10.5. The average molecular weight is 408 g/mol. The van der Waals surface area contributed by atoms with Crippen molar-refractivity contribution in [3.05, 3.63) is 0 Å². The molecule has 154 valence electrons. The Morgan fingerprint density at radius 1 is 1.00 bits per heavy atom. The Bertz CT molecular complexity index is 477. The summed E-state index contributed by atoms with van der Waals surface area (Å²) in [5.41, 5.74) is -1.20. The number of hydrogen-bond acceptors (Lipinski definition) is 6. The third kappa shape index (κ3) is 11.0. The van der Waals surface area contributed by atoms with Crippen molar-refractivity contribution in [1.29, 1.82) is 5.26 Å². The summed E-state index contributed by atoms with van der Waals surface area (Å²) < 4.78 is 33.7. The highest BCUT2D eigenvalue weighted by molar-refractivity contribution is 7.69. The molecule has 26 heavy (non-hydrogen) atoms. The Labute approximate surface area is 162 Å². The maximum Gasteiger partial charge on any atom is 0.339 e. The van der Waals surface area contributed by atoms with Crippen molar-refractivity contribution in [2.45, 2.75) is 98.9 Å². The van der Waals surface area contributed by atoms with Crippen molar-refractivity contribution >= 4 is 15.9 Å². The van der Waals surface area contributed by atoms with Crippen LogP contribution < -0.4 is 0 Å². The van der Waals surface area contributed by atoms with Gasteiger partial charge in [-0.1, -0.05) is 0 Å². The fraction of sp³-hybridized carbons (Fsp3) is 0.944. The lowest BCUT2D eigenvalue weighted by atomic mass is 10.2. The molecule has 0 aromatic carbocycles. The van der Waals surface area contributed by atoms with Gasteiger partial charge in [-0.3, -0.25) is 9.24 Å². The second kappa shape index (κ2) is 10.5. The van der Waals surface area contributed by atoms with Gasteiger partial charge in [-0.25, -0.2) is 0 Å². The lowest BCUT2D eigenvalue weighted by molar-refractivity contribution is 0.0508. The molecule has 0 fully saturated rings. The summed E-state index contributed by atoms with van der Waals surface area (Å²) in [6.45, 7) is 19.9. The molecule has 1 unspecified atom stereocenters. The molecule has 0 heterocycles. The maximum atomic E-state index is 13.6. The van der Waals surface area contributed by atoms with Crippen molar-refractivity contribution in [1.82, 2.24) is 4.67 Å². The third-order valence-electron chi connectivity index (χ3n) is 2.89. The van der Waals surface area contributed by atoms with Crippen LogP contribution in [0.25, 0.3) is 0 Å². The van der Waals surface area contributed by atoms with Gasteiger partial charge >= 0.3 is 7.60 Å². The quantitative estimate of drug-likeness (QED) is 0.320. The smallest absolute Gasteiger partial charge is 0.339 e. The van der Waals surface area contributed by atoms with Gasteiger partial charge in [0.05, 0.1) is 30.3 Å². The largest absolute Gasteiger partial charge is 0.342 e. The van der Waals surface area contributed by atoms with Crippen molar-refractivity contribution in [2.24, 2.45) is 0 Å². The molecule has 0 bridgehead atoms. The minimum absolute atomic E-state index is 0.179. The van der Waals surface area contributed by atoms with E-state index in [0.717, 1.165) is 0 Å². The molecule has 8 heteroatoms. The second-order valence-electron chi connectivity index (χ2n) is 8.82. The van der Waals surface area contributed by atoms with Crippen LogP contribution in [-0.4, -0.2) is 40.5 Å². The molecule has 0 amide bonds. The molecule has 0 aromatic heterocycles. The highest BCUT2D eigenvalue weighted by Gasteiger charge is 2.41. The van der Waals surface area contributed by atoms with Crippen LogP contribution in [-0.2, 0) is 18.1 Å². The van der Waals surface area contributed by atoms with E-state index in [1.54, 1.807) is 0 Å². The van der Waals surface area contributed by atoms with Crippen LogP contribution in [0.4, 0.5) is 0 Å². The summed E-state index contributed by atoms with van der Waals surface area (Å²) in [7, 11) is -4.66. The zero-order valence-electron chi connectivity index (χ0n) is 18.2. The summed E-state index contributed by atoms with van der Waals surface area (Å²) in [5.74, 6) is 0.179. The first-order valence-electron chi connectivity index (χ1n) is 9.16. The fourth-order valence-corrected chi connectivity index (χ4v) is 8.28. The van der Waals surface area contributed by atoms with E-state index >= 15 is 0 Å². The van der Waals surface area contributed by atoms with E-state index in [0.29, 0.717) is 13.0 Å². The van der Waals surface area contributed by atoms with Gasteiger partial charge in [0, 0.05) is 12.1 Å². The summed E-state index contributed by atoms with van der Waals surface area (Å²) in [4.78, 5) is 0. The van der Waals surface area contributed by atoms with Crippen LogP contribution in [0, 0.1) is 11.3 Å². The van der Waals surface area contributed by atoms with Crippen LogP contribution in [0.15, 0.2) is 0 Å². The monoisotopic (exact) mass is 408 g/mol. The Morgan fingerprint density at radius 2 is 1.42 bits per heavy atom. The van der Waals surface area contributed by atoms with Gasteiger partial charge in [-0.2, -0.15) is 5.26 Å². The lowest BCUT2D eigenvalue weighted by Gasteiger charge is -2.40. The first-order valence-corrected chi connectivity index (χ1v) is 12.3. The minimum atomic E-state index is -3.42. The van der Waals surface area contributed by atoms with Crippen molar-refractivity contribution < 1.29 is 18.1 Å². The van der Waals surface area contributed by atoms with E-state index in [4.69, 9.17) is 18.8 Å². The van der Waals surface area contributed by atoms with E-state index in [9.17, 15) is 4.57 Å². The van der Waals surface area contributed by atoms with Gasteiger partial charge in [-0.15, -0.1) is 0 Å². The SMILES string of the molecule is CC(C)N(C(C)C)P(CP(=O)(OC(C)(C)C)OC(C)(C)C)OCCC#N. The van der Waals surface area contributed by atoms with Crippen LogP contribution >= 0.6 is 15.9 Å². The van der Waals surface area contributed by atoms with Crippen LogP contribution in [0.1, 0.15) is 75.7 Å². The van der Waals surface area contributed by atoms with E-state index in [1.165, 1.54) is 0 Å². The number of nitriles is 1. The number of hydrogen-bond donors (Lipinski definition) is 0. The molecule has 6 nitrogen and oxygen atoms in total. The van der Waals surface area contributed by atoms with Crippen molar-refractivity contribution in [3.8, 4) is 6.07 Å². The molecule has 0 spiro atoms. The van der Waals surface area contributed by atoms with E-state index in [2.05, 4.69) is 38.4 Å². The molecule has 0 N–H and O–H groups in total. The average Bonchev–Trinajstić information content (AvgIpc) is 2.32. The first-order chi connectivity index (χ1) is 11.6. The van der Waals surface area contributed by atoms with E-state index < -0.39 is 27.1 Å². The standard InChI is InChI=1S/C18H38N2O4P2/c1-15(2)20(16(3)4)25(22-13-11-12-19)14-26(21,23-17(5,6)7)24-18(8,9)10/h15-16H,11,13-14H2,1-10H3. The molecule has 0 saturated heterocycles. The molecule has 0 aromatic rings. The third-order valence-corrected chi connectivity index (χ3v) is 8.81. The number of rotatable bonds is 10. The Morgan fingerprint density at radius 3 is 1.73 bits per heavy atom. The minimum Gasteiger partial charge on any atom is -0.342 e. The van der Waals surface area contributed by atoms with Gasteiger partial charge in [0.15, 0.2) is 0 Å². The summed E-state index contributed by atoms with van der Waals surface area (Å²) in [6.07, 6.45) is 0.299. The molecular weight excluding hydrogens is 370 g/mol. The Balaban J connectivity index is 5.71. The van der Waals surface area contributed by atoms with E-state index in [1.807, 2.05) is 41.5 Å². The van der Waals surface area contributed by atoms with Crippen molar-refractivity contribution in [2.75, 3.05) is 12.5 Å². The van der Waals surface area contributed by atoms with Gasteiger partial charge in [-0.05, 0) is 69.2 Å². The molecule has 1 atom stereocenters. The highest BCUT2D eigenvalue weighted by Crippen LogP contribution is 2.64. The normalized spacial score (nSPS) is 14.9. The van der Waals surface area contributed by atoms with Crippen LogP contribution in [0.5, 0.6) is 0 Å². The molecule has 0 aliphatic carbocycles. The van der Waals surface area contributed by atoms with Gasteiger partial charge in [0.1, 0.15) is 14.2 Å². The van der Waals surface area contributed by atoms with Gasteiger partial charge in [0.25, 0.3) is 0 Å². The highest BCUT2D eigenvalue weighted by atomic mass is 31.2. The predicted octanol–water partition coefficient (Wildman–Crippen LogP) is 6.13. The Hall–Kier alpha value is -0.01000. The zero-order chi connectivity index (χ0) is 20.8. The van der Waals surface area contributed by atoms with Crippen LogP contribution in [0.2, 0.25) is 0 Å². The summed E-state index contributed by atoms with van der Waals surface area (Å²) >= 11 is 0. The van der Waals surface area contributed by atoms with E-state index in [-0.39, 0.29) is 18.0 Å².